The average Bonchev–Trinajstić information content (AvgIpc) is 0.810. The van der Waals surface area contributed by atoms with E-state index in [2.05, 4.69) is 43.6 Å². The van der Waals surface area contributed by atoms with Crippen molar-refractivity contribution in [1.82, 2.24) is 4.31 Å². The molecule has 0 bridgehead atoms. The molecule has 3 aromatic rings. The number of aldehydes is 2. The second-order valence-electron chi connectivity index (χ2n) is 20.3. The van der Waals surface area contributed by atoms with E-state index in [1.54, 1.807) is 21.0 Å². The van der Waals surface area contributed by atoms with E-state index in [4.69, 9.17) is 70.3 Å². The van der Waals surface area contributed by atoms with Crippen LogP contribution in [0.1, 0.15) is 130 Å². The van der Waals surface area contributed by atoms with Crippen molar-refractivity contribution in [3.05, 3.63) is 102 Å². The van der Waals surface area contributed by atoms with Crippen LogP contribution in [0, 0.1) is 71.8 Å². The molecule has 3 saturated heterocycles. The molecule has 38 heteroatoms. The van der Waals surface area contributed by atoms with Crippen LogP contribution in [0.4, 0.5) is 37.5 Å². The fraction of sp³-hybridized carbons (Fsp3) is 0.561. The third kappa shape index (κ3) is 33.2. The third-order valence-electron chi connectivity index (χ3n) is 14.8. The fourth-order valence-electron chi connectivity index (χ4n) is 8.56. The molecule has 0 aliphatic carbocycles. The van der Waals surface area contributed by atoms with Crippen LogP contribution in [-0.4, -0.2) is 128 Å². The minimum atomic E-state index is -4.93. The van der Waals surface area contributed by atoms with Gasteiger partial charge in [-0.3, -0.25) is 49.5 Å². The molecule has 6 rings (SSSR count). The number of rotatable bonds is 15. The van der Waals surface area contributed by atoms with Crippen LogP contribution < -0.4 is 9.47 Å². The Labute approximate surface area is 581 Å². The summed E-state index contributed by atoms with van der Waals surface area (Å²) in [5, 5.41) is 41.0. The number of non-ortho nitro benzene ring substituents is 3. The first-order valence-electron chi connectivity index (χ1n) is 27.6. The molecule has 0 amide bonds. The summed E-state index contributed by atoms with van der Waals surface area (Å²) < 4.78 is 110. The van der Waals surface area contributed by atoms with Crippen molar-refractivity contribution in [3.63, 3.8) is 0 Å². The number of nitro benzene ring substituents is 3. The van der Waals surface area contributed by atoms with E-state index >= 15 is 0 Å². The Bertz CT molecular complexity index is 2960. The molecule has 3 aliphatic heterocycles. The number of aromatic hydroxyl groups is 1. The maximum absolute atomic E-state index is 13.3. The SMILES string of the molecule is CC(=O)OC1C(Oc2ccc([N+](=O)[O-])cc2C(F)F)OC(C)C(C)C1C.CC(=O)OC1C(Oc2ccc([N+](=O)[O-])cc2C=O)OC(C)C(C)C1C.CC1OC(Br)C(C)C(C)C1C.CCN(CC)S(F)(F)F.O=C=O.O=C=O.O=C=O.O=Cc1cc([N+](=O)[O-])ccc1O.[Ag].[O]=[Ag]. The first-order valence-corrected chi connectivity index (χ1v) is 30.4. The van der Waals surface area contributed by atoms with Crippen LogP contribution in [-0.2, 0) is 109 Å². The normalized spacial score (nSPS) is 24.4. The van der Waals surface area contributed by atoms with Gasteiger partial charge in [-0.1, -0.05) is 78.2 Å². The number of carbonyl (C=O) groups is 4. The van der Waals surface area contributed by atoms with Gasteiger partial charge in [0.2, 0.25) is 12.6 Å². The van der Waals surface area contributed by atoms with Gasteiger partial charge in [-0.25, -0.2) is 8.78 Å². The molecule has 3 aliphatic rings. The van der Waals surface area contributed by atoms with Crippen LogP contribution in [0.15, 0.2) is 54.6 Å². The first-order chi connectivity index (χ1) is 43.8. The van der Waals surface area contributed by atoms with Gasteiger partial charge < -0.3 is 38.3 Å². The van der Waals surface area contributed by atoms with Crippen molar-refractivity contribution in [2.24, 2.45) is 41.4 Å². The van der Waals surface area contributed by atoms with E-state index < -0.39 is 80.5 Å². The van der Waals surface area contributed by atoms with Gasteiger partial charge in [0.15, 0.2) is 24.8 Å². The van der Waals surface area contributed by atoms with Crippen LogP contribution in [0.25, 0.3) is 0 Å². The number of hydrogen-bond donors (Lipinski definition) is 1. The quantitative estimate of drug-likeness (QED) is 0.0281. The van der Waals surface area contributed by atoms with Crippen LogP contribution in [0.5, 0.6) is 17.2 Å². The number of phenolic OH excluding ortho intramolecular Hbond substituents is 1. The average molecular weight is 1640 g/mol. The number of alkyl halides is 3. The molecule has 29 nitrogen and oxygen atoms in total. The predicted octanol–water partition coefficient (Wildman–Crippen LogP) is 11.6. The molecule has 0 saturated carbocycles. The number of benzene rings is 3. The Hall–Kier alpha value is -6.72. The molecular weight excluding hydrogens is 1560 g/mol. The Morgan fingerprint density at radius 3 is 1.25 bits per heavy atom. The number of nitrogens with zero attached hydrogens (tertiary/aromatic N) is 4. The van der Waals surface area contributed by atoms with E-state index in [0.29, 0.717) is 34.8 Å². The summed E-state index contributed by atoms with van der Waals surface area (Å²) in [4.78, 5) is 123. The summed E-state index contributed by atoms with van der Waals surface area (Å²) in [5.74, 6) is 0.694. The Balaban J connectivity index is -0.000000549. The number of esters is 2. The summed E-state index contributed by atoms with van der Waals surface area (Å²) in [5.41, 5.74) is -1.57. The van der Waals surface area contributed by atoms with Crippen LogP contribution in [0.3, 0.4) is 0 Å². The number of halogens is 6. The first kappa shape index (κ1) is 94.7. The van der Waals surface area contributed by atoms with Crippen LogP contribution >= 0.6 is 27.3 Å². The van der Waals surface area contributed by atoms with Gasteiger partial charge in [0.05, 0.1) is 49.8 Å². The van der Waals surface area contributed by atoms with Crippen molar-refractivity contribution in [1.29, 1.82) is 0 Å². The van der Waals surface area contributed by atoms with E-state index in [-0.39, 0.29) is 135 Å². The third-order valence-corrected chi connectivity index (χ3v) is 16.9. The molecule has 542 valence electrons. The molecule has 1 N–H and O–H groups in total. The van der Waals surface area contributed by atoms with Crippen molar-refractivity contribution >= 4 is 87.3 Å². The second-order valence-corrected chi connectivity index (χ2v) is 22.4. The molecule has 3 aromatic carbocycles. The Morgan fingerprint density at radius 1 is 0.600 bits per heavy atom. The zero-order chi connectivity index (χ0) is 73.7. The van der Waals surface area contributed by atoms with Gasteiger partial charge in [-0.2, -0.15) is 33.1 Å². The molecule has 3 fully saturated rings. The fourth-order valence-corrected chi connectivity index (χ4v) is 9.97. The summed E-state index contributed by atoms with van der Waals surface area (Å²) >= 11 is 0.308. The Morgan fingerprint density at radius 2 is 0.926 bits per heavy atom. The van der Waals surface area contributed by atoms with Gasteiger partial charge in [-0.05, 0) is 68.6 Å². The standard InChI is InChI=1S/C17H21F2NO6.C17H21NO7.C9H17BrO.C7H5NO4.C4H10F3NS.3CO2.2Ag.O/c1-8-9(2)15(25-11(4)21)17(24-10(8)3)26-14-6-5-12(20(22)23)7-13(14)16(18)19;1-9-10(2)16(24-12(4)20)17(23-11(9)3)25-15-6-5-14(18(21)22)7-13(15)8-19;1-5-6(2)8(4)11-9(10)7(5)3;9-4-5-3-6(8(11)12)1-2-7(5)10;1-3-8(4-2)9(5,6)7;3*2-1-3;;;/h5-10,15-17H,1-4H3;5-11,16-17H,1-4H3;5-9H,1-4H3;1-4,10H;3-4H2,1-2H3;;;;;;. The molecule has 15 atom stereocenters. The molecule has 0 spiro atoms. The van der Waals surface area contributed by atoms with Gasteiger partial charge in [0.25, 0.3) is 34.9 Å². The van der Waals surface area contributed by atoms with E-state index in [1.807, 2.05) is 41.5 Å². The predicted molar refractivity (Wildman–Crippen MR) is 315 cm³/mol. The summed E-state index contributed by atoms with van der Waals surface area (Å²) in [6, 6.07) is 9.89. The van der Waals surface area contributed by atoms with Crippen molar-refractivity contribution in [2.45, 2.75) is 151 Å². The number of ether oxygens (including phenoxy) is 7. The van der Waals surface area contributed by atoms with Crippen molar-refractivity contribution in [2.75, 3.05) is 13.1 Å². The zero-order valence-electron chi connectivity index (χ0n) is 53.3. The zero-order valence-corrected chi connectivity index (χ0v) is 58.7. The van der Waals surface area contributed by atoms with Gasteiger partial charge in [0, 0.05) is 97.6 Å². The van der Waals surface area contributed by atoms with Crippen LogP contribution in [0.2, 0.25) is 0 Å². The molecule has 1 radical (unpaired) electrons. The Kier molecular flexibility index (Phi) is 48.7. The van der Waals surface area contributed by atoms with Gasteiger partial charge in [-0.15, -0.1) is 11.7 Å². The molecule has 0 aromatic heterocycles. The topological polar surface area (TPSA) is 405 Å². The van der Waals surface area contributed by atoms with Crippen molar-refractivity contribution < 1.29 is 168 Å². The van der Waals surface area contributed by atoms with Gasteiger partial charge >= 0.3 is 54.7 Å². The summed E-state index contributed by atoms with van der Waals surface area (Å²) in [6.45, 7) is 26.1. The molecular formula is C57H74Ag2BrF5N4O25S. The molecule has 95 heavy (non-hydrogen) atoms. The number of nitro groups is 3. The molecule has 15 unspecified atom stereocenters. The molecule has 3 heterocycles. The monoisotopic (exact) mass is 1630 g/mol. The number of hydrogen-bond acceptors (Lipinski definition) is 26. The summed E-state index contributed by atoms with van der Waals surface area (Å²) in [6.07, 6.45) is -4.86. The number of phenols is 1. The second kappa shape index (κ2) is 48.9. The van der Waals surface area contributed by atoms with Crippen molar-refractivity contribution in [3.8, 4) is 17.2 Å². The maximum atomic E-state index is 13.3. The van der Waals surface area contributed by atoms with Gasteiger partial charge in [0.1, 0.15) is 22.3 Å². The van der Waals surface area contributed by atoms with E-state index in [0.717, 1.165) is 48.4 Å². The summed E-state index contributed by atoms with van der Waals surface area (Å²) in [7, 11) is 0. The number of carbonyl (C=O) groups excluding carboxylic acids is 10. The van der Waals surface area contributed by atoms with E-state index in [1.165, 1.54) is 39.8 Å². The van der Waals surface area contributed by atoms with E-state index in [9.17, 15) is 70.0 Å². The minimum absolute atomic E-state index is 0.